The zero-order chi connectivity index (χ0) is 19.0. The van der Waals surface area contributed by atoms with Crippen molar-refractivity contribution >= 4 is 43.7 Å². The highest BCUT2D eigenvalue weighted by Gasteiger charge is 2.15. The van der Waals surface area contributed by atoms with Gasteiger partial charge in [0.25, 0.3) is 5.56 Å². The second kappa shape index (κ2) is 7.09. The van der Waals surface area contributed by atoms with Gasteiger partial charge in [-0.2, -0.15) is 9.78 Å². The maximum atomic E-state index is 13.1. The fourth-order valence-electron chi connectivity index (χ4n) is 2.78. The summed E-state index contributed by atoms with van der Waals surface area (Å²) in [6.45, 7) is 1.76. The van der Waals surface area contributed by atoms with E-state index in [9.17, 15) is 9.90 Å². The molecule has 0 spiro atoms. The van der Waals surface area contributed by atoms with Crippen molar-refractivity contribution in [3.05, 3.63) is 80.1 Å². The second-order valence-electron chi connectivity index (χ2n) is 5.93. The van der Waals surface area contributed by atoms with Crippen molar-refractivity contribution in [1.82, 2.24) is 9.66 Å². The van der Waals surface area contributed by atoms with Gasteiger partial charge in [-0.05, 0) is 52.2 Å². The molecule has 0 aliphatic rings. The molecule has 27 heavy (non-hydrogen) atoms. The van der Waals surface area contributed by atoms with Gasteiger partial charge in [-0.3, -0.25) is 4.79 Å². The van der Waals surface area contributed by atoms with E-state index < -0.39 is 0 Å². The summed E-state index contributed by atoms with van der Waals surface area (Å²) in [6.07, 6.45) is 1.57. The maximum absolute atomic E-state index is 13.1. The highest BCUT2D eigenvalue weighted by molar-refractivity contribution is 9.10. The van der Waals surface area contributed by atoms with E-state index in [1.165, 1.54) is 16.0 Å². The number of aryl methyl sites for hydroxylation is 1. The lowest BCUT2D eigenvalue weighted by Gasteiger charge is -2.05. The van der Waals surface area contributed by atoms with E-state index in [1.54, 1.807) is 31.3 Å². The lowest BCUT2D eigenvalue weighted by Crippen LogP contribution is -2.20. The quantitative estimate of drug-likeness (QED) is 0.466. The minimum absolute atomic E-state index is 0.148. The molecule has 0 atom stereocenters. The standard InChI is InChI=1S/C20H14BrN3O2S/c1-12-23-19-18(15(11-27-19)14-5-3-2-4-6-14)20(26)24(12)22-10-13-7-8-17(25)16(21)9-13/h2-11,25H,1H3. The summed E-state index contributed by atoms with van der Waals surface area (Å²) in [5, 5.41) is 16.5. The summed E-state index contributed by atoms with van der Waals surface area (Å²) in [5.74, 6) is 0.664. The largest absolute Gasteiger partial charge is 0.507 e. The summed E-state index contributed by atoms with van der Waals surface area (Å²) in [7, 11) is 0. The molecule has 0 fully saturated rings. The van der Waals surface area contributed by atoms with Gasteiger partial charge >= 0.3 is 0 Å². The average Bonchev–Trinajstić information content (AvgIpc) is 3.09. The van der Waals surface area contributed by atoms with Crippen molar-refractivity contribution in [2.45, 2.75) is 6.92 Å². The number of phenolic OH excluding ortho intramolecular Hbond substituents is 1. The molecule has 0 amide bonds. The Morgan fingerprint density at radius 1 is 1.22 bits per heavy atom. The molecule has 0 aliphatic heterocycles. The summed E-state index contributed by atoms with van der Waals surface area (Å²) in [6, 6.07) is 14.8. The fourth-order valence-corrected chi connectivity index (χ4v) is 4.16. The third-order valence-electron chi connectivity index (χ3n) is 4.13. The number of rotatable bonds is 3. The van der Waals surface area contributed by atoms with Crippen molar-refractivity contribution < 1.29 is 5.11 Å². The number of hydrogen-bond donors (Lipinski definition) is 1. The number of thiophene rings is 1. The van der Waals surface area contributed by atoms with Gasteiger partial charge in [-0.15, -0.1) is 11.3 Å². The van der Waals surface area contributed by atoms with Crippen LogP contribution in [0.4, 0.5) is 0 Å². The normalized spacial score (nSPS) is 11.5. The molecule has 0 saturated carbocycles. The molecule has 0 aliphatic carbocycles. The zero-order valence-electron chi connectivity index (χ0n) is 14.3. The van der Waals surface area contributed by atoms with E-state index >= 15 is 0 Å². The fraction of sp³-hybridized carbons (Fsp3) is 0.0500. The molecule has 0 radical (unpaired) electrons. The molecule has 1 N–H and O–H groups in total. The topological polar surface area (TPSA) is 67.5 Å². The van der Waals surface area contributed by atoms with Crippen LogP contribution in [0.25, 0.3) is 21.3 Å². The SMILES string of the molecule is Cc1nc2scc(-c3ccccc3)c2c(=O)n1N=Cc1ccc(O)c(Br)c1. The molecular weight excluding hydrogens is 426 g/mol. The Bertz CT molecular complexity index is 1230. The van der Waals surface area contributed by atoms with Crippen LogP contribution in [-0.4, -0.2) is 21.0 Å². The number of halogens is 1. The Hall–Kier alpha value is -2.77. The molecule has 4 aromatic rings. The average molecular weight is 440 g/mol. The van der Waals surface area contributed by atoms with Gasteiger partial charge in [0.15, 0.2) is 0 Å². The van der Waals surface area contributed by atoms with Crippen LogP contribution in [0, 0.1) is 6.92 Å². The predicted molar refractivity (Wildman–Crippen MR) is 113 cm³/mol. The molecule has 2 aromatic heterocycles. The van der Waals surface area contributed by atoms with Crippen LogP contribution in [-0.2, 0) is 0 Å². The minimum atomic E-state index is -0.202. The highest BCUT2D eigenvalue weighted by atomic mass is 79.9. The van der Waals surface area contributed by atoms with Crippen LogP contribution in [0.3, 0.4) is 0 Å². The van der Waals surface area contributed by atoms with Crippen LogP contribution in [0.2, 0.25) is 0 Å². The first-order valence-electron chi connectivity index (χ1n) is 8.14. The minimum Gasteiger partial charge on any atom is -0.507 e. The van der Waals surface area contributed by atoms with E-state index in [4.69, 9.17) is 0 Å². The first-order chi connectivity index (χ1) is 13.0. The first kappa shape index (κ1) is 17.6. The molecule has 0 bridgehead atoms. The maximum Gasteiger partial charge on any atom is 0.283 e. The lowest BCUT2D eigenvalue weighted by molar-refractivity contribution is 0.472. The molecule has 2 heterocycles. The van der Waals surface area contributed by atoms with E-state index in [0.29, 0.717) is 20.5 Å². The van der Waals surface area contributed by atoms with Crippen molar-refractivity contribution in [1.29, 1.82) is 0 Å². The Labute approximate surface area is 167 Å². The van der Waals surface area contributed by atoms with Gasteiger partial charge in [-0.25, -0.2) is 4.98 Å². The van der Waals surface area contributed by atoms with E-state index in [-0.39, 0.29) is 11.3 Å². The number of aromatic nitrogens is 2. The van der Waals surface area contributed by atoms with Gasteiger partial charge in [0.2, 0.25) is 0 Å². The number of nitrogens with zero attached hydrogens (tertiary/aromatic N) is 3. The zero-order valence-corrected chi connectivity index (χ0v) is 16.7. The predicted octanol–water partition coefficient (Wildman–Crippen LogP) is 4.78. The third kappa shape index (κ3) is 3.31. The van der Waals surface area contributed by atoms with Crippen molar-refractivity contribution in [2.24, 2.45) is 5.10 Å². The summed E-state index contributed by atoms with van der Waals surface area (Å²) in [5.41, 5.74) is 2.39. The van der Waals surface area contributed by atoms with Gasteiger partial charge in [0.1, 0.15) is 16.4 Å². The number of aromatic hydroxyl groups is 1. The Morgan fingerprint density at radius 3 is 2.74 bits per heavy atom. The van der Waals surface area contributed by atoms with Gasteiger partial charge < -0.3 is 5.11 Å². The molecule has 4 rings (SSSR count). The third-order valence-corrected chi connectivity index (χ3v) is 5.63. The first-order valence-corrected chi connectivity index (χ1v) is 9.81. The second-order valence-corrected chi connectivity index (χ2v) is 7.64. The van der Waals surface area contributed by atoms with E-state index in [2.05, 4.69) is 26.0 Å². The lowest BCUT2D eigenvalue weighted by atomic mass is 10.1. The Morgan fingerprint density at radius 2 is 2.00 bits per heavy atom. The van der Waals surface area contributed by atoms with Crippen LogP contribution >= 0.6 is 27.3 Å². The van der Waals surface area contributed by atoms with Crippen LogP contribution in [0.5, 0.6) is 5.75 Å². The van der Waals surface area contributed by atoms with Crippen LogP contribution in [0.15, 0.2) is 68.3 Å². The Kier molecular flexibility index (Phi) is 4.63. The molecule has 134 valence electrons. The van der Waals surface area contributed by atoms with Gasteiger partial charge in [0, 0.05) is 10.9 Å². The van der Waals surface area contributed by atoms with Crippen LogP contribution < -0.4 is 5.56 Å². The summed E-state index contributed by atoms with van der Waals surface area (Å²) >= 11 is 4.73. The molecule has 0 unspecified atom stereocenters. The monoisotopic (exact) mass is 439 g/mol. The van der Waals surface area contributed by atoms with Gasteiger partial charge in [0.05, 0.1) is 16.1 Å². The van der Waals surface area contributed by atoms with Crippen LogP contribution in [0.1, 0.15) is 11.4 Å². The number of phenols is 1. The Balaban J connectivity index is 1.85. The number of fused-ring (bicyclic) bond motifs is 1. The molecule has 5 nitrogen and oxygen atoms in total. The van der Waals surface area contributed by atoms with E-state index in [0.717, 1.165) is 16.7 Å². The number of hydrogen-bond acceptors (Lipinski definition) is 5. The molecular formula is C20H14BrN3O2S. The summed E-state index contributed by atoms with van der Waals surface area (Å²) < 4.78 is 1.87. The molecule has 2 aromatic carbocycles. The van der Waals surface area contributed by atoms with Crippen molar-refractivity contribution in [3.8, 4) is 16.9 Å². The van der Waals surface area contributed by atoms with Gasteiger partial charge in [-0.1, -0.05) is 30.3 Å². The van der Waals surface area contributed by atoms with E-state index in [1.807, 2.05) is 35.7 Å². The smallest absolute Gasteiger partial charge is 0.283 e. The summed E-state index contributed by atoms with van der Waals surface area (Å²) in [4.78, 5) is 18.4. The molecule has 7 heteroatoms. The van der Waals surface area contributed by atoms with Crippen molar-refractivity contribution in [2.75, 3.05) is 0 Å². The number of benzene rings is 2. The molecule has 0 saturated heterocycles. The van der Waals surface area contributed by atoms with Crippen molar-refractivity contribution in [3.63, 3.8) is 0 Å². The highest BCUT2D eigenvalue weighted by Crippen LogP contribution is 2.30.